The fourth-order valence-corrected chi connectivity index (χ4v) is 3.36. The Labute approximate surface area is 158 Å². The molecule has 10 heteroatoms. The Morgan fingerprint density at radius 3 is 1.93 bits per heavy atom. The molecule has 27 heavy (non-hydrogen) atoms. The number of nitro groups is 2. The molecule has 0 saturated heterocycles. The number of hydrogen-bond donors (Lipinski definition) is 0. The molecule has 0 spiro atoms. The Morgan fingerprint density at radius 2 is 1.44 bits per heavy atom. The number of nitro benzene ring substituents is 2. The molecule has 9 nitrogen and oxygen atoms in total. The summed E-state index contributed by atoms with van der Waals surface area (Å²) in [6, 6.07) is 12.3. The zero-order valence-electron chi connectivity index (χ0n) is 14.5. The fourth-order valence-electron chi connectivity index (χ4n) is 2.36. The molecule has 1 heterocycles. The Morgan fingerprint density at radius 1 is 0.926 bits per heavy atom. The van der Waals surface area contributed by atoms with E-state index in [9.17, 15) is 20.2 Å². The second-order valence-corrected chi connectivity index (χ2v) is 6.91. The molecule has 3 rings (SSSR count). The quantitative estimate of drug-likeness (QED) is 0.586. The average Bonchev–Trinajstić information content (AvgIpc) is 2.67. The Bertz CT molecular complexity index is 939. The van der Waals surface area contributed by atoms with Gasteiger partial charge >= 0.3 is 0 Å². The van der Waals surface area contributed by atoms with E-state index in [1.165, 1.54) is 36.0 Å². The van der Waals surface area contributed by atoms with E-state index in [1.807, 2.05) is 19.0 Å². The SMILES string of the molecule is CN(C)C1=NC(c2ccc([N+](=O)[O-])cc2)=N[C@@H](c2ccc([N+](=O)[O-])cc2)S1. The second-order valence-electron chi connectivity index (χ2n) is 5.86. The largest absolute Gasteiger partial charge is 0.357 e. The van der Waals surface area contributed by atoms with Crippen LogP contribution in [0.1, 0.15) is 16.5 Å². The van der Waals surface area contributed by atoms with E-state index in [0.29, 0.717) is 11.4 Å². The van der Waals surface area contributed by atoms with Gasteiger partial charge in [-0.2, -0.15) is 0 Å². The maximum Gasteiger partial charge on any atom is 0.269 e. The number of thioether (sulfide) groups is 1. The maximum atomic E-state index is 10.8. The standard InChI is InChI=1S/C17H15N5O4S/c1-20(2)17-19-15(11-3-7-13(8-4-11)21(23)24)18-16(27-17)12-5-9-14(10-6-12)22(25)26/h3-10,16H,1-2H3/t16-/m1/s1. The lowest BCUT2D eigenvalue weighted by atomic mass is 10.1. The van der Waals surface area contributed by atoms with E-state index in [0.717, 1.165) is 10.7 Å². The van der Waals surface area contributed by atoms with Crippen molar-refractivity contribution >= 4 is 34.1 Å². The van der Waals surface area contributed by atoms with Gasteiger partial charge in [0.15, 0.2) is 11.0 Å². The molecule has 138 valence electrons. The van der Waals surface area contributed by atoms with Crippen LogP contribution < -0.4 is 0 Å². The van der Waals surface area contributed by atoms with Gasteiger partial charge in [0.05, 0.1) is 9.85 Å². The summed E-state index contributed by atoms with van der Waals surface area (Å²) in [7, 11) is 3.72. The van der Waals surface area contributed by atoms with Crippen LogP contribution in [0.15, 0.2) is 58.5 Å². The van der Waals surface area contributed by atoms with Crippen molar-refractivity contribution in [3.63, 3.8) is 0 Å². The van der Waals surface area contributed by atoms with Gasteiger partial charge in [0.2, 0.25) is 0 Å². The van der Waals surface area contributed by atoms with Crippen molar-refractivity contribution in [3.8, 4) is 0 Å². The number of hydrogen-bond acceptors (Lipinski definition) is 8. The highest BCUT2D eigenvalue weighted by Gasteiger charge is 2.23. The highest BCUT2D eigenvalue weighted by atomic mass is 32.2. The molecule has 0 amide bonds. The van der Waals surface area contributed by atoms with Gasteiger partial charge < -0.3 is 4.90 Å². The number of non-ortho nitro benzene ring substituents is 2. The van der Waals surface area contributed by atoms with E-state index >= 15 is 0 Å². The van der Waals surface area contributed by atoms with Crippen molar-refractivity contribution in [1.29, 1.82) is 0 Å². The van der Waals surface area contributed by atoms with Gasteiger partial charge in [0.25, 0.3) is 11.4 Å². The minimum atomic E-state index is -0.462. The molecule has 0 fully saturated rings. The summed E-state index contributed by atoms with van der Waals surface area (Å²) in [4.78, 5) is 31.8. The summed E-state index contributed by atoms with van der Waals surface area (Å²) in [5, 5.41) is 22.1. The third kappa shape index (κ3) is 4.11. The highest BCUT2D eigenvalue weighted by Crippen LogP contribution is 2.36. The van der Waals surface area contributed by atoms with Crippen molar-refractivity contribution in [2.75, 3.05) is 14.1 Å². The van der Waals surface area contributed by atoms with Crippen molar-refractivity contribution in [2.24, 2.45) is 9.98 Å². The first-order chi connectivity index (χ1) is 12.8. The van der Waals surface area contributed by atoms with E-state index in [-0.39, 0.29) is 16.7 Å². The molecule has 0 aromatic heterocycles. The van der Waals surface area contributed by atoms with Crippen LogP contribution >= 0.6 is 11.8 Å². The molecule has 2 aromatic rings. The predicted octanol–water partition coefficient (Wildman–Crippen LogP) is 3.61. The van der Waals surface area contributed by atoms with Crippen LogP contribution in [0.3, 0.4) is 0 Å². The third-order valence-corrected chi connectivity index (χ3v) is 5.03. The third-order valence-electron chi connectivity index (χ3n) is 3.77. The molecule has 0 bridgehead atoms. The Hall–Kier alpha value is -3.27. The lowest BCUT2D eigenvalue weighted by Crippen LogP contribution is -2.24. The average molecular weight is 385 g/mol. The first-order valence-corrected chi connectivity index (χ1v) is 8.73. The van der Waals surface area contributed by atoms with Crippen LogP contribution in [0.2, 0.25) is 0 Å². The molecule has 0 saturated carbocycles. The van der Waals surface area contributed by atoms with Gasteiger partial charge in [-0.3, -0.25) is 20.2 Å². The topological polar surface area (TPSA) is 114 Å². The zero-order valence-corrected chi connectivity index (χ0v) is 15.3. The van der Waals surface area contributed by atoms with Crippen molar-refractivity contribution in [1.82, 2.24) is 4.90 Å². The smallest absolute Gasteiger partial charge is 0.269 e. The molecule has 2 aromatic carbocycles. The minimum absolute atomic E-state index is 0.00624. The Kier molecular flexibility index (Phi) is 5.17. The number of aliphatic imine (C=N–C) groups is 2. The summed E-state index contributed by atoms with van der Waals surface area (Å²) in [6.45, 7) is 0. The summed E-state index contributed by atoms with van der Waals surface area (Å²) >= 11 is 1.42. The normalized spacial score (nSPS) is 16.3. The summed E-state index contributed by atoms with van der Waals surface area (Å²) in [6.07, 6.45) is 0. The number of benzene rings is 2. The van der Waals surface area contributed by atoms with Crippen LogP contribution in [0.4, 0.5) is 11.4 Å². The monoisotopic (exact) mass is 385 g/mol. The van der Waals surface area contributed by atoms with E-state index in [4.69, 9.17) is 0 Å². The van der Waals surface area contributed by atoms with Crippen LogP contribution in [0.5, 0.6) is 0 Å². The molecule has 0 unspecified atom stereocenters. The first-order valence-electron chi connectivity index (χ1n) is 7.85. The van der Waals surface area contributed by atoms with Crippen molar-refractivity contribution in [2.45, 2.75) is 5.37 Å². The maximum absolute atomic E-state index is 10.8. The van der Waals surface area contributed by atoms with Crippen molar-refractivity contribution in [3.05, 3.63) is 79.9 Å². The van der Waals surface area contributed by atoms with Crippen LogP contribution in [-0.2, 0) is 0 Å². The number of nitrogens with zero attached hydrogens (tertiary/aromatic N) is 5. The summed E-state index contributed by atoms with van der Waals surface area (Å²) in [5.41, 5.74) is 1.47. The number of rotatable bonds is 4. The summed E-state index contributed by atoms with van der Waals surface area (Å²) in [5.74, 6) is 0.454. The molecule has 1 aliphatic rings. The Balaban J connectivity index is 1.97. The van der Waals surface area contributed by atoms with Gasteiger partial charge in [-0.05, 0) is 29.8 Å². The van der Waals surface area contributed by atoms with Gasteiger partial charge in [0.1, 0.15) is 5.37 Å². The second kappa shape index (κ2) is 7.54. The molecule has 0 N–H and O–H groups in total. The van der Waals surface area contributed by atoms with E-state index < -0.39 is 9.85 Å². The molecule has 1 aliphatic heterocycles. The van der Waals surface area contributed by atoms with Gasteiger partial charge in [-0.15, -0.1) is 0 Å². The van der Waals surface area contributed by atoms with Crippen LogP contribution in [-0.4, -0.2) is 39.8 Å². The lowest BCUT2D eigenvalue weighted by molar-refractivity contribution is -0.385. The molecule has 1 atom stereocenters. The fraction of sp³-hybridized carbons (Fsp3) is 0.176. The predicted molar refractivity (Wildman–Crippen MR) is 104 cm³/mol. The molecular weight excluding hydrogens is 370 g/mol. The van der Waals surface area contributed by atoms with Crippen molar-refractivity contribution < 1.29 is 9.85 Å². The molecular formula is C17H15N5O4S. The van der Waals surface area contributed by atoms with Gasteiger partial charge in [-0.25, -0.2) is 9.98 Å². The molecule has 0 aliphatic carbocycles. The minimum Gasteiger partial charge on any atom is -0.357 e. The summed E-state index contributed by atoms with van der Waals surface area (Å²) < 4.78 is 0. The zero-order chi connectivity index (χ0) is 19.6. The van der Waals surface area contributed by atoms with E-state index in [2.05, 4.69) is 9.98 Å². The van der Waals surface area contributed by atoms with Gasteiger partial charge in [-0.1, -0.05) is 11.8 Å². The number of amidine groups is 2. The van der Waals surface area contributed by atoms with Crippen LogP contribution in [0, 0.1) is 20.2 Å². The first kappa shape index (κ1) is 18.5. The lowest BCUT2D eigenvalue weighted by Gasteiger charge is -2.24. The highest BCUT2D eigenvalue weighted by molar-refractivity contribution is 8.14. The van der Waals surface area contributed by atoms with Crippen LogP contribution in [0.25, 0.3) is 0 Å². The molecule has 0 radical (unpaired) electrons. The van der Waals surface area contributed by atoms with Gasteiger partial charge in [0, 0.05) is 43.9 Å². The van der Waals surface area contributed by atoms with E-state index in [1.54, 1.807) is 24.3 Å².